The molecule has 4 nitrogen and oxygen atoms in total. The van der Waals surface area contributed by atoms with Crippen molar-refractivity contribution in [1.82, 2.24) is 5.32 Å². The molecular formula is C13H17NO3S. The predicted octanol–water partition coefficient (Wildman–Crippen LogP) is 1.43. The first-order valence-corrected chi connectivity index (χ1v) is 6.34. The number of carboxylic acids is 1. The van der Waals surface area contributed by atoms with Gasteiger partial charge < -0.3 is 10.4 Å². The lowest BCUT2D eigenvalue weighted by Gasteiger charge is -2.13. The quantitative estimate of drug-likeness (QED) is 0.683. The second-order valence-electron chi connectivity index (χ2n) is 4.14. The SMILES string of the molecule is Cc1cccc(CC(=O)NC(CCS)C(=O)O)c1. The average molecular weight is 267 g/mol. The molecule has 1 atom stereocenters. The Balaban J connectivity index is 2.57. The maximum atomic E-state index is 11.7. The second-order valence-corrected chi connectivity index (χ2v) is 4.58. The Hall–Kier alpha value is -1.49. The first-order valence-electron chi connectivity index (χ1n) is 5.71. The van der Waals surface area contributed by atoms with Crippen LogP contribution in [-0.2, 0) is 16.0 Å². The van der Waals surface area contributed by atoms with E-state index in [1.54, 1.807) is 0 Å². The molecule has 0 aromatic heterocycles. The third-order valence-electron chi connectivity index (χ3n) is 2.50. The largest absolute Gasteiger partial charge is 0.480 e. The molecule has 18 heavy (non-hydrogen) atoms. The molecule has 0 heterocycles. The van der Waals surface area contributed by atoms with Gasteiger partial charge in [0.1, 0.15) is 6.04 Å². The minimum atomic E-state index is -1.03. The Morgan fingerprint density at radius 1 is 1.44 bits per heavy atom. The average Bonchev–Trinajstić information content (AvgIpc) is 2.28. The summed E-state index contributed by atoms with van der Waals surface area (Å²) in [5, 5.41) is 11.4. The van der Waals surface area contributed by atoms with Crippen LogP contribution >= 0.6 is 12.6 Å². The fourth-order valence-corrected chi connectivity index (χ4v) is 1.90. The zero-order valence-corrected chi connectivity index (χ0v) is 11.1. The van der Waals surface area contributed by atoms with Gasteiger partial charge in [-0.05, 0) is 24.7 Å². The Bertz CT molecular complexity index is 434. The molecule has 0 bridgehead atoms. The number of benzene rings is 1. The number of hydrogen-bond donors (Lipinski definition) is 3. The first-order chi connectivity index (χ1) is 8.52. The number of carboxylic acid groups (broad SMARTS) is 1. The molecule has 0 aliphatic carbocycles. The smallest absolute Gasteiger partial charge is 0.326 e. The molecule has 0 aliphatic rings. The minimum absolute atomic E-state index is 0.192. The molecule has 0 spiro atoms. The van der Waals surface area contributed by atoms with Crippen molar-refractivity contribution in [3.05, 3.63) is 35.4 Å². The van der Waals surface area contributed by atoms with Crippen LogP contribution in [0.2, 0.25) is 0 Å². The van der Waals surface area contributed by atoms with Crippen LogP contribution in [0.15, 0.2) is 24.3 Å². The van der Waals surface area contributed by atoms with E-state index in [2.05, 4.69) is 17.9 Å². The van der Waals surface area contributed by atoms with Crippen molar-refractivity contribution in [2.24, 2.45) is 0 Å². The van der Waals surface area contributed by atoms with E-state index < -0.39 is 12.0 Å². The van der Waals surface area contributed by atoms with E-state index in [1.807, 2.05) is 31.2 Å². The van der Waals surface area contributed by atoms with Crippen LogP contribution in [0.3, 0.4) is 0 Å². The highest BCUT2D eigenvalue weighted by Crippen LogP contribution is 2.05. The number of carbonyl (C=O) groups is 2. The molecule has 1 amide bonds. The zero-order valence-electron chi connectivity index (χ0n) is 10.2. The molecule has 5 heteroatoms. The van der Waals surface area contributed by atoms with Crippen molar-refractivity contribution < 1.29 is 14.7 Å². The number of amides is 1. The predicted molar refractivity (Wildman–Crippen MR) is 72.9 cm³/mol. The van der Waals surface area contributed by atoms with Crippen molar-refractivity contribution in [3.8, 4) is 0 Å². The van der Waals surface area contributed by atoms with Crippen LogP contribution in [0.25, 0.3) is 0 Å². The molecule has 1 unspecified atom stereocenters. The maximum absolute atomic E-state index is 11.7. The van der Waals surface area contributed by atoms with Gasteiger partial charge in [0.05, 0.1) is 6.42 Å². The van der Waals surface area contributed by atoms with E-state index in [0.717, 1.165) is 11.1 Å². The van der Waals surface area contributed by atoms with Crippen LogP contribution in [0, 0.1) is 6.92 Å². The van der Waals surface area contributed by atoms with Crippen molar-refractivity contribution in [2.75, 3.05) is 5.75 Å². The molecule has 0 saturated heterocycles. The van der Waals surface area contributed by atoms with E-state index in [0.29, 0.717) is 12.2 Å². The lowest BCUT2D eigenvalue weighted by atomic mass is 10.1. The Morgan fingerprint density at radius 2 is 2.17 bits per heavy atom. The molecule has 1 aromatic rings. The first kappa shape index (κ1) is 14.6. The van der Waals surface area contributed by atoms with E-state index in [-0.39, 0.29) is 12.3 Å². The minimum Gasteiger partial charge on any atom is -0.480 e. The normalized spacial score (nSPS) is 11.9. The number of rotatable bonds is 6. The van der Waals surface area contributed by atoms with Gasteiger partial charge in [0, 0.05) is 0 Å². The van der Waals surface area contributed by atoms with Crippen LogP contribution in [0.4, 0.5) is 0 Å². The van der Waals surface area contributed by atoms with Gasteiger partial charge in [-0.1, -0.05) is 29.8 Å². The zero-order chi connectivity index (χ0) is 13.5. The molecule has 0 fully saturated rings. The van der Waals surface area contributed by atoms with E-state index >= 15 is 0 Å². The molecule has 98 valence electrons. The number of thiol groups is 1. The molecule has 0 radical (unpaired) electrons. The lowest BCUT2D eigenvalue weighted by Crippen LogP contribution is -2.41. The summed E-state index contributed by atoms with van der Waals surface area (Å²) in [4.78, 5) is 22.6. The summed E-state index contributed by atoms with van der Waals surface area (Å²) >= 11 is 3.97. The van der Waals surface area contributed by atoms with E-state index in [9.17, 15) is 9.59 Å². The molecule has 0 aliphatic heterocycles. The number of carbonyl (C=O) groups excluding carboxylic acids is 1. The summed E-state index contributed by atoms with van der Waals surface area (Å²) in [6, 6.07) is 6.72. The summed E-state index contributed by atoms with van der Waals surface area (Å²) in [6.07, 6.45) is 0.510. The Kier molecular flexibility index (Phi) is 5.71. The van der Waals surface area contributed by atoms with Gasteiger partial charge in [-0.25, -0.2) is 4.79 Å². The van der Waals surface area contributed by atoms with Crippen LogP contribution < -0.4 is 5.32 Å². The summed E-state index contributed by atoms with van der Waals surface area (Å²) in [6.45, 7) is 1.95. The highest BCUT2D eigenvalue weighted by atomic mass is 32.1. The highest BCUT2D eigenvalue weighted by molar-refractivity contribution is 7.80. The number of nitrogens with one attached hydrogen (secondary N) is 1. The van der Waals surface area contributed by atoms with Gasteiger partial charge in [-0.15, -0.1) is 0 Å². The van der Waals surface area contributed by atoms with Gasteiger partial charge in [0.2, 0.25) is 5.91 Å². The molecule has 1 rings (SSSR count). The number of aliphatic carboxylic acids is 1. The monoisotopic (exact) mass is 267 g/mol. The third kappa shape index (κ3) is 4.79. The Morgan fingerprint density at radius 3 is 2.72 bits per heavy atom. The lowest BCUT2D eigenvalue weighted by molar-refractivity contribution is -0.141. The van der Waals surface area contributed by atoms with Gasteiger partial charge in [-0.2, -0.15) is 12.6 Å². The molecule has 2 N–H and O–H groups in total. The maximum Gasteiger partial charge on any atom is 0.326 e. The van der Waals surface area contributed by atoms with Gasteiger partial charge in [0.25, 0.3) is 0 Å². The van der Waals surface area contributed by atoms with Crippen LogP contribution in [0.1, 0.15) is 17.5 Å². The second kappa shape index (κ2) is 7.06. The molecule has 1 aromatic carbocycles. The van der Waals surface area contributed by atoms with Crippen molar-refractivity contribution in [3.63, 3.8) is 0 Å². The fourth-order valence-electron chi connectivity index (χ4n) is 1.64. The van der Waals surface area contributed by atoms with Gasteiger partial charge in [-0.3, -0.25) is 4.79 Å². The third-order valence-corrected chi connectivity index (χ3v) is 2.76. The van der Waals surface area contributed by atoms with Gasteiger partial charge >= 0.3 is 5.97 Å². The van der Waals surface area contributed by atoms with Crippen molar-refractivity contribution in [1.29, 1.82) is 0 Å². The van der Waals surface area contributed by atoms with Crippen molar-refractivity contribution in [2.45, 2.75) is 25.8 Å². The van der Waals surface area contributed by atoms with E-state index in [4.69, 9.17) is 5.11 Å². The van der Waals surface area contributed by atoms with Crippen LogP contribution in [-0.4, -0.2) is 28.8 Å². The van der Waals surface area contributed by atoms with E-state index in [1.165, 1.54) is 0 Å². The van der Waals surface area contributed by atoms with Crippen LogP contribution in [0.5, 0.6) is 0 Å². The topological polar surface area (TPSA) is 66.4 Å². The molecule has 0 saturated carbocycles. The Labute approximate surface area is 112 Å². The standard InChI is InChI=1S/C13H17NO3S/c1-9-3-2-4-10(7-9)8-12(15)14-11(5-6-18)13(16)17/h2-4,7,11,18H,5-6,8H2,1H3,(H,14,15)(H,16,17). The van der Waals surface area contributed by atoms with Gasteiger partial charge in [0.15, 0.2) is 0 Å². The summed E-state index contributed by atoms with van der Waals surface area (Å²) < 4.78 is 0. The van der Waals surface area contributed by atoms with Crippen molar-refractivity contribution >= 4 is 24.5 Å². The number of hydrogen-bond acceptors (Lipinski definition) is 3. The summed E-state index contributed by atoms with van der Waals surface area (Å²) in [7, 11) is 0. The number of aryl methyl sites for hydroxylation is 1. The fraction of sp³-hybridized carbons (Fsp3) is 0.385. The summed E-state index contributed by atoms with van der Waals surface area (Å²) in [5.41, 5.74) is 1.95. The summed E-state index contributed by atoms with van der Waals surface area (Å²) in [5.74, 6) is -0.891. The highest BCUT2D eigenvalue weighted by Gasteiger charge is 2.18. The molecular weight excluding hydrogens is 250 g/mol.